The van der Waals surface area contributed by atoms with E-state index in [4.69, 9.17) is 21.1 Å². The molecule has 0 aliphatic carbocycles. The molecule has 8 nitrogen and oxygen atoms in total. The summed E-state index contributed by atoms with van der Waals surface area (Å²) in [4.78, 5) is 0. The maximum absolute atomic E-state index is 10.3. The van der Waals surface area contributed by atoms with Crippen LogP contribution in [0.4, 0.5) is 0 Å². The first-order chi connectivity index (χ1) is 16.6. The lowest BCUT2D eigenvalue weighted by Gasteiger charge is -2.27. The lowest BCUT2D eigenvalue weighted by atomic mass is 9.78. The zero-order valence-electron chi connectivity index (χ0n) is 19.4. The van der Waals surface area contributed by atoms with Crippen molar-refractivity contribution in [2.45, 2.75) is 44.6 Å². The Kier molecular flexibility index (Phi) is 10.4. The Balaban J connectivity index is 1.61. The fraction of sp³-hybridized carbons (Fsp3) is 0.417. The van der Waals surface area contributed by atoms with Crippen molar-refractivity contribution in [1.82, 2.24) is 15.0 Å². The van der Waals surface area contributed by atoms with E-state index in [1.807, 2.05) is 59.0 Å². The molecule has 0 unspecified atom stereocenters. The second kappa shape index (κ2) is 12.9. The van der Waals surface area contributed by atoms with Gasteiger partial charge >= 0.3 is 0 Å². The van der Waals surface area contributed by atoms with Gasteiger partial charge in [0.1, 0.15) is 40.6 Å². The van der Waals surface area contributed by atoms with Gasteiger partial charge in [-0.3, -0.25) is 0 Å². The number of hydrogen-bond donors (Lipinski definition) is 3. The predicted molar refractivity (Wildman–Crippen MR) is 150 cm³/mol. The number of ether oxygens (including phenoxy) is 2. The molecule has 190 valence electrons. The number of halogens is 3. The Morgan fingerprint density at radius 1 is 1.06 bits per heavy atom. The van der Waals surface area contributed by atoms with Gasteiger partial charge in [0.25, 0.3) is 0 Å². The number of aliphatic hydroxyl groups is 3. The first-order valence-corrected chi connectivity index (χ1v) is 13.6. The minimum atomic E-state index is -0.803. The lowest BCUT2D eigenvalue weighted by molar-refractivity contribution is 0.0866. The van der Waals surface area contributed by atoms with Crippen molar-refractivity contribution in [3.63, 3.8) is 0 Å². The standard InChI is InChI=1S/C24H28ClI2N3O5/c1-24(2,16-5-8-22(20(26)9-16)35-13-17(32)10-25)15-3-6-19(7-4-15)34-14-18(33)11-30-21(12-31)23(27)28-29-30/h3-9,17-18,31-33H,10-14H2,1-2H3/t17-,18-/m1/s1/i27-4. The first kappa shape index (κ1) is 28.4. The molecule has 0 aliphatic heterocycles. The van der Waals surface area contributed by atoms with Gasteiger partial charge in [-0.15, -0.1) is 16.7 Å². The van der Waals surface area contributed by atoms with Crippen molar-refractivity contribution in [1.29, 1.82) is 0 Å². The topological polar surface area (TPSA) is 110 Å². The van der Waals surface area contributed by atoms with Crippen LogP contribution in [-0.2, 0) is 18.6 Å². The monoisotopic (exact) mass is 723 g/mol. The molecule has 0 saturated carbocycles. The highest BCUT2D eigenvalue weighted by atomic mass is 127. The van der Waals surface area contributed by atoms with E-state index in [1.165, 1.54) is 4.68 Å². The minimum Gasteiger partial charge on any atom is -0.491 e. The molecular weight excluding hydrogens is 696 g/mol. The van der Waals surface area contributed by atoms with Crippen LogP contribution in [0, 0.1) is 7.27 Å². The third-order valence-corrected chi connectivity index (χ3v) is 7.64. The molecule has 0 radical (unpaired) electrons. The Labute approximate surface area is 236 Å². The largest absolute Gasteiger partial charge is 0.491 e. The summed E-state index contributed by atoms with van der Waals surface area (Å²) in [6, 6.07) is 13.8. The zero-order chi connectivity index (χ0) is 25.6. The molecule has 0 fully saturated rings. The van der Waals surface area contributed by atoms with Gasteiger partial charge < -0.3 is 24.8 Å². The van der Waals surface area contributed by atoms with E-state index >= 15 is 0 Å². The molecule has 3 N–H and O–H groups in total. The van der Waals surface area contributed by atoms with Crippen LogP contribution in [0.15, 0.2) is 42.5 Å². The average Bonchev–Trinajstić information content (AvgIpc) is 3.20. The minimum absolute atomic E-state index is 0.0854. The van der Waals surface area contributed by atoms with Gasteiger partial charge in [0.15, 0.2) is 0 Å². The van der Waals surface area contributed by atoms with Crippen LogP contribution >= 0.6 is 56.8 Å². The summed E-state index contributed by atoms with van der Waals surface area (Å²) in [7, 11) is 0. The normalized spacial score (nSPS) is 13.5. The van der Waals surface area contributed by atoms with Gasteiger partial charge in [-0.25, -0.2) is 4.68 Å². The van der Waals surface area contributed by atoms with Crippen LogP contribution in [0.25, 0.3) is 0 Å². The molecule has 2 atom stereocenters. The predicted octanol–water partition coefficient (Wildman–Crippen LogP) is 3.72. The third kappa shape index (κ3) is 7.41. The highest BCUT2D eigenvalue weighted by Gasteiger charge is 2.24. The van der Waals surface area contributed by atoms with E-state index in [0.29, 0.717) is 20.9 Å². The third-order valence-electron chi connectivity index (χ3n) is 5.60. The van der Waals surface area contributed by atoms with Gasteiger partial charge in [0, 0.05) is 5.41 Å². The molecule has 0 amide bonds. The van der Waals surface area contributed by atoms with Crippen molar-refractivity contribution in [2.75, 3.05) is 19.1 Å². The van der Waals surface area contributed by atoms with Gasteiger partial charge in [0.2, 0.25) is 0 Å². The van der Waals surface area contributed by atoms with Gasteiger partial charge in [-0.2, -0.15) is 0 Å². The highest BCUT2D eigenvalue weighted by Crippen LogP contribution is 2.35. The maximum Gasteiger partial charge on any atom is 0.149 e. The summed E-state index contributed by atoms with van der Waals surface area (Å²) < 4.78 is 14.5. The SMILES string of the molecule is CC(C)(c1ccc(OC[C@H](O)Cn2nnc([123I])c2CO)cc1)c1ccc(OC[C@H](O)CCl)c(I)c1. The average molecular weight is 724 g/mol. The van der Waals surface area contributed by atoms with Gasteiger partial charge in [0.05, 0.1) is 28.3 Å². The molecule has 35 heavy (non-hydrogen) atoms. The van der Waals surface area contributed by atoms with Crippen molar-refractivity contribution in [3.8, 4) is 11.5 Å². The zero-order valence-corrected chi connectivity index (χ0v) is 24.4. The quantitative estimate of drug-likeness (QED) is 0.193. The number of hydrogen-bond acceptors (Lipinski definition) is 7. The summed E-state index contributed by atoms with van der Waals surface area (Å²) in [6.07, 6.45) is -1.50. The van der Waals surface area contributed by atoms with Crippen LogP contribution in [0.3, 0.4) is 0 Å². The molecule has 2 aromatic carbocycles. The Morgan fingerprint density at radius 2 is 1.71 bits per heavy atom. The highest BCUT2D eigenvalue weighted by molar-refractivity contribution is 14.1. The van der Waals surface area contributed by atoms with Gasteiger partial charge in [-0.1, -0.05) is 37.3 Å². The Hall–Kier alpha value is -1.19. The first-order valence-electron chi connectivity index (χ1n) is 10.9. The number of aromatic nitrogens is 3. The molecule has 0 saturated heterocycles. The maximum atomic E-state index is 10.3. The van der Waals surface area contributed by atoms with E-state index in [2.05, 4.69) is 52.8 Å². The van der Waals surface area contributed by atoms with E-state index < -0.39 is 12.2 Å². The van der Waals surface area contributed by atoms with Crippen LogP contribution in [0.5, 0.6) is 11.5 Å². The van der Waals surface area contributed by atoms with E-state index in [9.17, 15) is 15.3 Å². The number of alkyl halides is 1. The van der Waals surface area contributed by atoms with Crippen molar-refractivity contribution in [3.05, 3.63) is 66.6 Å². The van der Waals surface area contributed by atoms with E-state index in [-0.39, 0.29) is 37.7 Å². The second-order valence-electron chi connectivity index (χ2n) is 8.55. The van der Waals surface area contributed by atoms with Crippen LogP contribution < -0.4 is 9.47 Å². The molecular formula is C24H28ClI2N3O5. The summed E-state index contributed by atoms with van der Waals surface area (Å²) >= 11 is 9.86. The fourth-order valence-electron chi connectivity index (χ4n) is 3.42. The van der Waals surface area contributed by atoms with E-state index in [1.54, 1.807) is 0 Å². The Bertz CT molecular complexity index is 1110. The Morgan fingerprint density at radius 3 is 2.34 bits per heavy atom. The molecule has 0 spiro atoms. The molecule has 11 heteroatoms. The smallest absolute Gasteiger partial charge is 0.149 e. The molecule has 3 aromatic rings. The summed E-state index contributed by atoms with van der Waals surface area (Å²) in [5.74, 6) is 1.49. The number of nitrogens with zero attached hydrogens (tertiary/aromatic N) is 3. The number of aliphatic hydroxyl groups excluding tert-OH is 3. The van der Waals surface area contributed by atoms with Crippen molar-refractivity contribution in [2.24, 2.45) is 0 Å². The lowest BCUT2D eigenvalue weighted by Crippen LogP contribution is -2.25. The van der Waals surface area contributed by atoms with Crippen molar-refractivity contribution >= 4 is 56.8 Å². The van der Waals surface area contributed by atoms with Crippen LogP contribution in [0.1, 0.15) is 30.7 Å². The van der Waals surface area contributed by atoms with Crippen LogP contribution in [0.2, 0.25) is 0 Å². The number of benzene rings is 2. The molecule has 0 aliphatic rings. The second-order valence-corrected chi connectivity index (χ2v) is 11.0. The summed E-state index contributed by atoms with van der Waals surface area (Å²) in [5.41, 5.74) is 2.53. The fourth-order valence-corrected chi connectivity index (χ4v) is 4.73. The summed E-state index contributed by atoms with van der Waals surface area (Å²) in [6.45, 7) is 4.52. The van der Waals surface area contributed by atoms with Gasteiger partial charge in [-0.05, 0) is 80.6 Å². The van der Waals surface area contributed by atoms with Crippen LogP contribution in [-0.4, -0.2) is 61.6 Å². The van der Waals surface area contributed by atoms with E-state index in [0.717, 1.165) is 14.7 Å². The molecule has 3 rings (SSSR count). The summed E-state index contributed by atoms with van der Waals surface area (Å²) in [5, 5.41) is 37.2. The molecule has 0 bridgehead atoms. The van der Waals surface area contributed by atoms with Crippen molar-refractivity contribution < 1.29 is 24.8 Å². The molecule has 1 aromatic heterocycles. The number of rotatable bonds is 12. The molecule has 1 heterocycles.